The Morgan fingerprint density at radius 3 is 2.83 bits per heavy atom. The Bertz CT molecular complexity index is 714. The molecule has 1 amide bonds. The predicted octanol–water partition coefficient (Wildman–Crippen LogP) is 3.85. The highest BCUT2D eigenvalue weighted by atomic mass is 79.9. The van der Waals surface area contributed by atoms with Gasteiger partial charge in [0.2, 0.25) is 0 Å². The molecule has 0 spiro atoms. The first-order valence-corrected chi connectivity index (χ1v) is 8.17. The molecular formula is C18H19BrN2O2. The Morgan fingerprint density at radius 2 is 2.13 bits per heavy atom. The average Bonchev–Trinajstić information content (AvgIpc) is 2.53. The molecule has 2 aromatic rings. The van der Waals surface area contributed by atoms with Gasteiger partial charge in [0.1, 0.15) is 5.75 Å². The van der Waals surface area contributed by atoms with Crippen molar-refractivity contribution in [2.45, 2.75) is 20.3 Å². The molecule has 1 N–H and O–H groups in total. The Hall–Kier alpha value is -2.14. The number of benzene rings is 2. The summed E-state index contributed by atoms with van der Waals surface area (Å²) in [5.74, 6) is 0.334. The topological polar surface area (TPSA) is 50.7 Å². The zero-order chi connectivity index (χ0) is 16.7. The number of hydrazone groups is 1. The van der Waals surface area contributed by atoms with Gasteiger partial charge in [0, 0.05) is 0 Å². The summed E-state index contributed by atoms with van der Waals surface area (Å²) in [6.45, 7) is 4.00. The van der Waals surface area contributed by atoms with Crippen molar-refractivity contribution in [2.75, 3.05) is 6.61 Å². The van der Waals surface area contributed by atoms with Gasteiger partial charge in [-0.15, -0.1) is 0 Å². The summed E-state index contributed by atoms with van der Waals surface area (Å²) in [6, 6.07) is 13.7. The van der Waals surface area contributed by atoms with E-state index in [1.165, 1.54) is 5.56 Å². The number of carbonyl (C=O) groups is 1. The number of amides is 1. The van der Waals surface area contributed by atoms with Crippen LogP contribution in [0.15, 0.2) is 52.0 Å². The van der Waals surface area contributed by atoms with E-state index >= 15 is 0 Å². The molecule has 0 radical (unpaired) electrons. The van der Waals surface area contributed by atoms with Crippen LogP contribution in [0.1, 0.15) is 23.6 Å². The maximum atomic E-state index is 11.7. The molecule has 0 saturated carbocycles. The molecule has 0 aromatic heterocycles. The molecule has 0 unspecified atom stereocenters. The van der Waals surface area contributed by atoms with Gasteiger partial charge in [0.15, 0.2) is 6.61 Å². The van der Waals surface area contributed by atoms with Gasteiger partial charge in [-0.25, -0.2) is 5.43 Å². The Kier molecular flexibility index (Phi) is 6.35. The summed E-state index contributed by atoms with van der Waals surface area (Å²) in [4.78, 5) is 11.7. The van der Waals surface area contributed by atoms with E-state index in [-0.39, 0.29) is 12.5 Å². The van der Waals surface area contributed by atoms with E-state index in [4.69, 9.17) is 4.74 Å². The van der Waals surface area contributed by atoms with Gasteiger partial charge < -0.3 is 4.74 Å². The van der Waals surface area contributed by atoms with Gasteiger partial charge in [0.05, 0.1) is 10.7 Å². The first-order chi connectivity index (χ1) is 11.1. The highest BCUT2D eigenvalue weighted by molar-refractivity contribution is 9.10. The molecule has 5 heteroatoms. The zero-order valence-electron chi connectivity index (χ0n) is 13.2. The number of nitrogens with zero attached hydrogens (tertiary/aromatic N) is 1. The summed E-state index contributed by atoms with van der Waals surface area (Å²) in [6.07, 6.45) is 2.56. The lowest BCUT2D eigenvalue weighted by atomic mass is 10.2. The molecular weight excluding hydrogens is 356 g/mol. The van der Waals surface area contributed by atoms with Crippen LogP contribution in [0, 0.1) is 6.92 Å². The van der Waals surface area contributed by atoms with Crippen LogP contribution in [-0.2, 0) is 11.2 Å². The molecule has 0 saturated heterocycles. The quantitative estimate of drug-likeness (QED) is 0.616. The molecule has 0 bridgehead atoms. The number of ether oxygens (including phenoxy) is 1. The fourth-order valence-corrected chi connectivity index (χ4v) is 2.53. The summed E-state index contributed by atoms with van der Waals surface area (Å²) < 4.78 is 6.33. The van der Waals surface area contributed by atoms with Gasteiger partial charge >= 0.3 is 0 Å². The molecule has 120 valence electrons. The van der Waals surface area contributed by atoms with E-state index < -0.39 is 0 Å². The third-order valence-corrected chi connectivity index (χ3v) is 3.83. The van der Waals surface area contributed by atoms with Gasteiger partial charge in [0.25, 0.3) is 5.91 Å². The predicted molar refractivity (Wildman–Crippen MR) is 95.9 cm³/mol. The largest absolute Gasteiger partial charge is 0.483 e. The van der Waals surface area contributed by atoms with Crippen LogP contribution < -0.4 is 10.2 Å². The maximum Gasteiger partial charge on any atom is 0.277 e. The third kappa shape index (κ3) is 5.53. The minimum absolute atomic E-state index is 0.0881. The number of aryl methyl sites for hydroxylation is 2. The summed E-state index contributed by atoms with van der Waals surface area (Å²) in [7, 11) is 0. The number of halogens is 1. The molecule has 2 rings (SSSR count). The summed E-state index contributed by atoms with van der Waals surface area (Å²) in [5, 5.41) is 3.93. The second kappa shape index (κ2) is 8.48. The SMILES string of the molecule is CCc1ccc(OCC(=O)N/N=C/c2cccc(C)c2)c(Br)c1. The van der Waals surface area contributed by atoms with E-state index in [1.807, 2.05) is 49.4 Å². The fourth-order valence-electron chi connectivity index (χ4n) is 1.99. The molecule has 0 heterocycles. The third-order valence-electron chi connectivity index (χ3n) is 3.21. The van der Waals surface area contributed by atoms with Crippen LogP contribution in [0.25, 0.3) is 0 Å². The summed E-state index contributed by atoms with van der Waals surface area (Å²) >= 11 is 3.44. The van der Waals surface area contributed by atoms with Gasteiger partial charge in [-0.1, -0.05) is 42.8 Å². The van der Waals surface area contributed by atoms with Crippen LogP contribution in [0.2, 0.25) is 0 Å². The van der Waals surface area contributed by atoms with Crippen molar-refractivity contribution in [3.05, 3.63) is 63.6 Å². The minimum atomic E-state index is -0.305. The normalized spacial score (nSPS) is 10.7. The van der Waals surface area contributed by atoms with Crippen LogP contribution in [0.5, 0.6) is 5.75 Å². The molecule has 0 atom stereocenters. The van der Waals surface area contributed by atoms with Gasteiger partial charge in [-0.3, -0.25) is 4.79 Å². The molecule has 23 heavy (non-hydrogen) atoms. The second-order valence-electron chi connectivity index (χ2n) is 5.11. The molecule has 0 aliphatic carbocycles. The summed E-state index contributed by atoms with van der Waals surface area (Å²) in [5.41, 5.74) is 5.74. The Balaban J connectivity index is 1.83. The number of carbonyl (C=O) groups excluding carboxylic acids is 1. The number of rotatable bonds is 6. The lowest BCUT2D eigenvalue weighted by Gasteiger charge is -2.08. The number of hydrogen-bond donors (Lipinski definition) is 1. The Labute approximate surface area is 144 Å². The molecule has 2 aromatic carbocycles. The molecule has 0 aliphatic rings. The van der Waals surface area contributed by atoms with Crippen molar-refractivity contribution >= 4 is 28.1 Å². The second-order valence-corrected chi connectivity index (χ2v) is 5.97. The lowest BCUT2D eigenvalue weighted by Crippen LogP contribution is -2.24. The zero-order valence-corrected chi connectivity index (χ0v) is 14.8. The van der Waals surface area contributed by atoms with E-state index in [1.54, 1.807) is 6.21 Å². The first-order valence-electron chi connectivity index (χ1n) is 7.38. The number of hydrogen-bond acceptors (Lipinski definition) is 3. The minimum Gasteiger partial charge on any atom is -0.483 e. The van der Waals surface area contributed by atoms with Crippen molar-refractivity contribution < 1.29 is 9.53 Å². The number of nitrogens with one attached hydrogen (secondary N) is 1. The highest BCUT2D eigenvalue weighted by Gasteiger charge is 2.05. The van der Waals surface area contributed by atoms with Crippen molar-refractivity contribution in [1.82, 2.24) is 5.43 Å². The maximum absolute atomic E-state index is 11.7. The van der Waals surface area contributed by atoms with E-state index in [0.29, 0.717) is 5.75 Å². The first kappa shape index (κ1) is 17.2. The lowest BCUT2D eigenvalue weighted by molar-refractivity contribution is -0.123. The van der Waals surface area contributed by atoms with Crippen molar-refractivity contribution in [3.63, 3.8) is 0 Å². The Morgan fingerprint density at radius 1 is 1.30 bits per heavy atom. The van der Waals surface area contributed by atoms with Crippen LogP contribution in [-0.4, -0.2) is 18.7 Å². The van der Waals surface area contributed by atoms with Crippen molar-refractivity contribution in [1.29, 1.82) is 0 Å². The molecule has 0 aliphatic heterocycles. The smallest absolute Gasteiger partial charge is 0.277 e. The van der Waals surface area contributed by atoms with E-state index in [0.717, 1.165) is 22.0 Å². The van der Waals surface area contributed by atoms with Gasteiger partial charge in [-0.05, 0) is 52.5 Å². The van der Waals surface area contributed by atoms with Crippen molar-refractivity contribution in [2.24, 2.45) is 5.10 Å². The van der Waals surface area contributed by atoms with Crippen molar-refractivity contribution in [3.8, 4) is 5.75 Å². The average molecular weight is 375 g/mol. The van der Waals surface area contributed by atoms with Gasteiger partial charge in [-0.2, -0.15) is 5.10 Å². The molecule has 0 fully saturated rings. The molecule has 4 nitrogen and oxygen atoms in total. The van der Waals surface area contributed by atoms with E-state index in [9.17, 15) is 4.79 Å². The monoisotopic (exact) mass is 374 g/mol. The van der Waals surface area contributed by atoms with Crippen LogP contribution >= 0.6 is 15.9 Å². The fraction of sp³-hybridized carbons (Fsp3) is 0.222. The van der Waals surface area contributed by atoms with E-state index in [2.05, 4.69) is 33.4 Å². The van der Waals surface area contributed by atoms with Crippen LogP contribution in [0.4, 0.5) is 0 Å². The highest BCUT2D eigenvalue weighted by Crippen LogP contribution is 2.26. The van der Waals surface area contributed by atoms with Crippen LogP contribution in [0.3, 0.4) is 0 Å². The standard InChI is InChI=1S/C18H19BrN2O2/c1-3-14-7-8-17(16(19)10-14)23-12-18(22)21-20-11-15-6-4-5-13(2)9-15/h4-11H,3,12H2,1-2H3,(H,21,22)/b20-11+.